The van der Waals surface area contributed by atoms with E-state index in [-0.39, 0.29) is 0 Å². The molecule has 2 aromatic rings. The topological polar surface area (TPSA) is 15.3 Å². The molecule has 0 aliphatic carbocycles. The van der Waals surface area contributed by atoms with Crippen molar-refractivity contribution in [3.63, 3.8) is 0 Å². The molecule has 0 fully saturated rings. The number of rotatable bonds is 6. The van der Waals surface area contributed by atoms with Gasteiger partial charge in [-0.05, 0) is 23.3 Å². The molecule has 2 heteroatoms. The number of nitrogens with one attached hydrogen (secondary N) is 1. The van der Waals surface area contributed by atoms with Crippen molar-refractivity contribution in [2.45, 2.75) is 19.9 Å². The van der Waals surface area contributed by atoms with Crippen LogP contribution in [0.15, 0.2) is 54.6 Å². The zero-order valence-electron chi connectivity index (χ0n) is 12.6. The fourth-order valence-corrected chi connectivity index (χ4v) is 2.19. The lowest BCUT2D eigenvalue weighted by molar-refractivity contribution is 0.589. The highest BCUT2D eigenvalue weighted by Gasteiger charge is 2.02. The van der Waals surface area contributed by atoms with Gasteiger partial charge in [-0.25, -0.2) is 0 Å². The summed E-state index contributed by atoms with van der Waals surface area (Å²) in [6, 6.07) is 19.8. The maximum atomic E-state index is 3.44. The van der Waals surface area contributed by atoms with Gasteiger partial charge >= 0.3 is 0 Å². The minimum absolute atomic E-state index is 0.545. The van der Waals surface area contributed by atoms with Gasteiger partial charge in [0.2, 0.25) is 0 Å². The Kier molecular flexibility index (Phi) is 5.19. The second-order valence-corrected chi connectivity index (χ2v) is 5.44. The normalized spacial score (nSPS) is 10.8. The van der Waals surface area contributed by atoms with Gasteiger partial charge in [0.15, 0.2) is 0 Å². The van der Waals surface area contributed by atoms with Crippen molar-refractivity contribution in [1.82, 2.24) is 5.32 Å². The molecule has 0 amide bonds. The lowest BCUT2D eigenvalue weighted by atomic mass is 10.1. The van der Waals surface area contributed by atoms with E-state index in [1.165, 1.54) is 16.8 Å². The van der Waals surface area contributed by atoms with Crippen LogP contribution in [-0.4, -0.2) is 26.2 Å². The van der Waals surface area contributed by atoms with Crippen LogP contribution in [0.4, 0.5) is 5.69 Å². The molecule has 0 spiro atoms. The predicted molar refractivity (Wildman–Crippen MR) is 88.3 cm³/mol. The summed E-state index contributed by atoms with van der Waals surface area (Å²) in [5, 5.41) is 3.44. The standard InChI is InChI=1S/C18H24N2/c1-15(2)19-13-14-20(3)18-11-9-17(10-12-18)16-7-5-4-6-8-16/h4-12,15,19H,13-14H2,1-3H3. The maximum Gasteiger partial charge on any atom is 0.0364 e. The van der Waals surface area contributed by atoms with Crippen LogP contribution in [0, 0.1) is 0 Å². The molecule has 0 atom stereocenters. The maximum absolute atomic E-state index is 3.44. The molecule has 2 rings (SSSR count). The van der Waals surface area contributed by atoms with E-state index in [1.807, 2.05) is 6.07 Å². The van der Waals surface area contributed by atoms with E-state index in [0.717, 1.165) is 13.1 Å². The third kappa shape index (κ3) is 4.10. The molecule has 2 nitrogen and oxygen atoms in total. The van der Waals surface area contributed by atoms with Gasteiger partial charge in [0.1, 0.15) is 0 Å². The number of hydrogen-bond donors (Lipinski definition) is 1. The van der Waals surface area contributed by atoms with Crippen LogP contribution in [0.5, 0.6) is 0 Å². The molecule has 0 saturated heterocycles. The highest BCUT2D eigenvalue weighted by molar-refractivity contribution is 5.66. The molecule has 0 aromatic heterocycles. The molecule has 0 aliphatic rings. The monoisotopic (exact) mass is 268 g/mol. The van der Waals surface area contributed by atoms with Crippen LogP contribution in [0.1, 0.15) is 13.8 Å². The summed E-state index contributed by atoms with van der Waals surface area (Å²) in [5.41, 5.74) is 3.79. The van der Waals surface area contributed by atoms with Gasteiger partial charge in [-0.1, -0.05) is 56.3 Å². The SMILES string of the molecule is CC(C)NCCN(C)c1ccc(-c2ccccc2)cc1. The minimum Gasteiger partial charge on any atom is -0.373 e. The lowest BCUT2D eigenvalue weighted by Gasteiger charge is -2.20. The van der Waals surface area contributed by atoms with Crippen LogP contribution < -0.4 is 10.2 Å². The van der Waals surface area contributed by atoms with Gasteiger partial charge in [-0.3, -0.25) is 0 Å². The lowest BCUT2D eigenvalue weighted by Crippen LogP contribution is -2.32. The van der Waals surface area contributed by atoms with Gasteiger partial charge in [0, 0.05) is 31.9 Å². The number of nitrogens with zero attached hydrogens (tertiary/aromatic N) is 1. The predicted octanol–water partition coefficient (Wildman–Crippen LogP) is 3.79. The molecule has 0 aliphatic heterocycles. The Morgan fingerprint density at radius 2 is 1.50 bits per heavy atom. The van der Waals surface area contributed by atoms with Crippen LogP contribution >= 0.6 is 0 Å². The number of likely N-dealkylation sites (N-methyl/N-ethyl adjacent to an activating group) is 1. The van der Waals surface area contributed by atoms with Gasteiger partial charge in [0.05, 0.1) is 0 Å². The molecule has 0 unspecified atom stereocenters. The molecule has 0 saturated carbocycles. The first-order chi connectivity index (χ1) is 9.66. The van der Waals surface area contributed by atoms with E-state index >= 15 is 0 Å². The van der Waals surface area contributed by atoms with E-state index in [1.54, 1.807) is 0 Å². The van der Waals surface area contributed by atoms with Gasteiger partial charge < -0.3 is 10.2 Å². The van der Waals surface area contributed by atoms with Gasteiger partial charge in [-0.15, -0.1) is 0 Å². The van der Waals surface area contributed by atoms with E-state index in [4.69, 9.17) is 0 Å². The Balaban J connectivity index is 1.97. The Labute approximate surface area is 122 Å². The highest BCUT2D eigenvalue weighted by atomic mass is 15.1. The van der Waals surface area contributed by atoms with Crippen molar-refractivity contribution < 1.29 is 0 Å². The van der Waals surface area contributed by atoms with Crippen LogP contribution in [0.3, 0.4) is 0 Å². The summed E-state index contributed by atoms with van der Waals surface area (Å²) < 4.78 is 0. The number of anilines is 1. The second-order valence-electron chi connectivity index (χ2n) is 5.44. The second kappa shape index (κ2) is 7.11. The third-order valence-corrected chi connectivity index (χ3v) is 3.41. The molecular formula is C18H24N2. The smallest absolute Gasteiger partial charge is 0.0364 e. The zero-order chi connectivity index (χ0) is 14.4. The Morgan fingerprint density at radius 1 is 0.900 bits per heavy atom. The first kappa shape index (κ1) is 14.6. The number of hydrogen-bond acceptors (Lipinski definition) is 2. The van der Waals surface area contributed by atoms with Crippen LogP contribution in [0.25, 0.3) is 11.1 Å². The van der Waals surface area contributed by atoms with Crippen molar-refractivity contribution in [3.05, 3.63) is 54.6 Å². The average molecular weight is 268 g/mol. The third-order valence-electron chi connectivity index (χ3n) is 3.41. The number of benzene rings is 2. The minimum atomic E-state index is 0.545. The molecule has 0 bridgehead atoms. The molecule has 0 heterocycles. The summed E-state index contributed by atoms with van der Waals surface area (Å²) in [6.07, 6.45) is 0. The Hall–Kier alpha value is -1.80. The summed E-state index contributed by atoms with van der Waals surface area (Å²) >= 11 is 0. The molecular weight excluding hydrogens is 244 g/mol. The first-order valence-corrected chi connectivity index (χ1v) is 7.27. The molecule has 106 valence electrons. The van der Waals surface area contributed by atoms with E-state index in [0.29, 0.717) is 6.04 Å². The average Bonchev–Trinajstić information content (AvgIpc) is 2.48. The van der Waals surface area contributed by atoms with Gasteiger partial charge in [-0.2, -0.15) is 0 Å². The fourth-order valence-electron chi connectivity index (χ4n) is 2.19. The summed E-state index contributed by atoms with van der Waals surface area (Å²) in [7, 11) is 2.14. The highest BCUT2D eigenvalue weighted by Crippen LogP contribution is 2.22. The van der Waals surface area contributed by atoms with Gasteiger partial charge in [0.25, 0.3) is 0 Å². The van der Waals surface area contributed by atoms with Crippen molar-refractivity contribution in [2.24, 2.45) is 0 Å². The quantitative estimate of drug-likeness (QED) is 0.857. The molecule has 1 N–H and O–H groups in total. The largest absolute Gasteiger partial charge is 0.373 e. The fraction of sp³-hybridized carbons (Fsp3) is 0.333. The van der Waals surface area contributed by atoms with E-state index < -0.39 is 0 Å². The summed E-state index contributed by atoms with van der Waals surface area (Å²) in [5.74, 6) is 0. The molecule has 0 radical (unpaired) electrons. The molecule has 20 heavy (non-hydrogen) atoms. The Bertz CT molecular complexity index is 503. The van der Waals surface area contributed by atoms with Crippen molar-refractivity contribution in [1.29, 1.82) is 0 Å². The van der Waals surface area contributed by atoms with Crippen LogP contribution in [-0.2, 0) is 0 Å². The van der Waals surface area contributed by atoms with Crippen molar-refractivity contribution >= 4 is 5.69 Å². The Morgan fingerprint density at radius 3 is 2.10 bits per heavy atom. The van der Waals surface area contributed by atoms with E-state index in [2.05, 4.69) is 79.6 Å². The van der Waals surface area contributed by atoms with Crippen LogP contribution in [0.2, 0.25) is 0 Å². The molecule has 2 aromatic carbocycles. The van der Waals surface area contributed by atoms with E-state index in [9.17, 15) is 0 Å². The summed E-state index contributed by atoms with van der Waals surface area (Å²) in [4.78, 5) is 2.28. The zero-order valence-corrected chi connectivity index (χ0v) is 12.6. The van der Waals surface area contributed by atoms with Crippen molar-refractivity contribution in [3.8, 4) is 11.1 Å². The van der Waals surface area contributed by atoms with Crippen molar-refractivity contribution in [2.75, 3.05) is 25.0 Å². The summed E-state index contributed by atoms with van der Waals surface area (Å²) in [6.45, 7) is 6.38. The first-order valence-electron chi connectivity index (χ1n) is 7.27.